The number of carbonyl (C=O) groups excluding carboxylic acids is 1. The molecule has 0 fully saturated rings. The van der Waals surface area contributed by atoms with Gasteiger partial charge in [0.05, 0.1) is 4.92 Å². The molecule has 7 heteroatoms. The molecule has 0 spiro atoms. The highest BCUT2D eigenvalue weighted by Gasteiger charge is 2.15. The number of nitrogens with zero attached hydrogens (tertiary/aromatic N) is 1. The Balaban J connectivity index is 2.07. The number of non-ortho nitro benzene ring substituents is 1. The summed E-state index contributed by atoms with van der Waals surface area (Å²) < 4.78 is 0. The van der Waals surface area contributed by atoms with Crippen LogP contribution < -0.4 is 10.6 Å². The molecule has 0 saturated heterocycles. The summed E-state index contributed by atoms with van der Waals surface area (Å²) in [6.45, 7) is 8.09. The number of amides is 1. The highest BCUT2D eigenvalue weighted by Crippen LogP contribution is 2.23. The first-order valence-electron chi connectivity index (χ1n) is 8.06. The highest BCUT2D eigenvalue weighted by atomic mass is 32.1. The molecule has 0 aliphatic heterocycles. The Bertz CT molecular complexity index is 855. The molecule has 0 saturated carbocycles. The van der Waals surface area contributed by atoms with Gasteiger partial charge < -0.3 is 5.32 Å². The summed E-state index contributed by atoms with van der Waals surface area (Å²) in [5, 5.41) is 16.4. The van der Waals surface area contributed by atoms with Crippen molar-refractivity contribution in [3.63, 3.8) is 0 Å². The fourth-order valence-electron chi connectivity index (χ4n) is 2.31. The van der Waals surface area contributed by atoms with E-state index in [2.05, 4.69) is 31.4 Å². The summed E-state index contributed by atoms with van der Waals surface area (Å²) in [7, 11) is 0. The number of nitro groups is 1. The minimum Gasteiger partial charge on any atom is -0.332 e. The van der Waals surface area contributed by atoms with Crippen LogP contribution >= 0.6 is 12.2 Å². The summed E-state index contributed by atoms with van der Waals surface area (Å²) in [6, 6.07) is 11.7. The molecule has 0 aliphatic carbocycles. The van der Waals surface area contributed by atoms with Crippen LogP contribution in [0.1, 0.15) is 42.3 Å². The number of rotatable bonds is 3. The van der Waals surface area contributed by atoms with Crippen molar-refractivity contribution >= 4 is 34.6 Å². The number of aryl methyl sites for hydroxylation is 1. The van der Waals surface area contributed by atoms with Gasteiger partial charge in [-0.3, -0.25) is 20.2 Å². The van der Waals surface area contributed by atoms with E-state index in [1.54, 1.807) is 25.1 Å². The molecule has 0 bridgehead atoms. The van der Waals surface area contributed by atoms with Gasteiger partial charge in [0.1, 0.15) is 0 Å². The second-order valence-corrected chi connectivity index (χ2v) is 7.40. The van der Waals surface area contributed by atoms with Gasteiger partial charge in [-0.25, -0.2) is 0 Å². The second-order valence-electron chi connectivity index (χ2n) is 6.99. The zero-order valence-electron chi connectivity index (χ0n) is 15.1. The summed E-state index contributed by atoms with van der Waals surface area (Å²) in [4.78, 5) is 22.7. The molecule has 0 heterocycles. The van der Waals surface area contributed by atoms with Crippen molar-refractivity contribution in [2.24, 2.45) is 0 Å². The fraction of sp³-hybridized carbons (Fsp3) is 0.263. The molecule has 2 aromatic rings. The Labute approximate surface area is 157 Å². The summed E-state index contributed by atoms with van der Waals surface area (Å²) >= 11 is 5.15. The van der Waals surface area contributed by atoms with Gasteiger partial charge in [0.2, 0.25) is 0 Å². The van der Waals surface area contributed by atoms with E-state index in [4.69, 9.17) is 12.2 Å². The van der Waals surface area contributed by atoms with Gasteiger partial charge >= 0.3 is 0 Å². The van der Waals surface area contributed by atoms with Crippen molar-refractivity contribution in [3.05, 3.63) is 69.3 Å². The molecule has 2 N–H and O–H groups in total. The van der Waals surface area contributed by atoms with Crippen molar-refractivity contribution in [1.29, 1.82) is 0 Å². The minimum atomic E-state index is -0.483. The molecule has 0 radical (unpaired) electrons. The van der Waals surface area contributed by atoms with Crippen LogP contribution in [0.4, 0.5) is 11.4 Å². The number of hydrogen-bond acceptors (Lipinski definition) is 4. The molecule has 2 aromatic carbocycles. The third kappa shape index (κ3) is 4.86. The molecular formula is C19H21N3O3S. The molecule has 0 aliphatic rings. The first kappa shape index (κ1) is 19.5. The van der Waals surface area contributed by atoms with E-state index in [1.165, 1.54) is 12.1 Å². The Morgan fingerprint density at radius 1 is 1.12 bits per heavy atom. The van der Waals surface area contributed by atoms with Gasteiger partial charge in [-0.1, -0.05) is 39.0 Å². The summed E-state index contributed by atoms with van der Waals surface area (Å²) in [6.07, 6.45) is 0. The van der Waals surface area contributed by atoms with E-state index in [0.29, 0.717) is 11.3 Å². The average molecular weight is 371 g/mol. The van der Waals surface area contributed by atoms with Crippen LogP contribution in [0.25, 0.3) is 0 Å². The Kier molecular flexibility index (Phi) is 5.72. The maximum atomic E-state index is 12.3. The monoisotopic (exact) mass is 371 g/mol. The predicted octanol–water partition coefficient (Wildman–Crippen LogP) is 4.33. The maximum absolute atomic E-state index is 12.3. The van der Waals surface area contributed by atoms with Crippen LogP contribution in [0, 0.1) is 17.0 Å². The zero-order chi connectivity index (χ0) is 19.5. The van der Waals surface area contributed by atoms with Crippen molar-refractivity contribution in [2.75, 3.05) is 5.32 Å². The third-order valence-corrected chi connectivity index (χ3v) is 4.12. The summed E-state index contributed by atoms with van der Waals surface area (Å²) in [5.74, 6) is -0.342. The van der Waals surface area contributed by atoms with E-state index in [9.17, 15) is 14.9 Å². The normalized spacial score (nSPS) is 10.9. The van der Waals surface area contributed by atoms with Crippen LogP contribution in [0.2, 0.25) is 0 Å². The average Bonchev–Trinajstić information content (AvgIpc) is 2.55. The van der Waals surface area contributed by atoms with Crippen molar-refractivity contribution < 1.29 is 9.72 Å². The number of benzene rings is 2. The number of thiocarbonyl (C=S) groups is 1. The SMILES string of the molecule is Cc1ccc([N+](=O)[O-])cc1NC(=S)NC(=O)c1ccc(C(C)(C)C)cc1. The molecule has 136 valence electrons. The molecule has 0 atom stereocenters. The number of carbonyl (C=O) groups is 1. The Morgan fingerprint density at radius 2 is 1.73 bits per heavy atom. The van der Waals surface area contributed by atoms with Gasteiger partial charge in [-0.2, -0.15) is 0 Å². The first-order valence-corrected chi connectivity index (χ1v) is 8.46. The standard InChI is InChI=1S/C19H21N3O3S/c1-12-5-10-15(22(24)25)11-16(12)20-18(26)21-17(23)13-6-8-14(9-7-13)19(2,3)4/h5-11H,1-4H3,(H2,20,21,23,26). The van der Waals surface area contributed by atoms with Crippen LogP contribution in [0.5, 0.6) is 0 Å². The molecule has 26 heavy (non-hydrogen) atoms. The molecule has 2 rings (SSSR count). The lowest BCUT2D eigenvalue weighted by Crippen LogP contribution is -2.34. The van der Waals surface area contributed by atoms with Gasteiger partial charge in [0.25, 0.3) is 11.6 Å². The van der Waals surface area contributed by atoms with Crippen LogP contribution in [0.3, 0.4) is 0 Å². The number of anilines is 1. The third-order valence-electron chi connectivity index (χ3n) is 3.92. The zero-order valence-corrected chi connectivity index (χ0v) is 15.9. The predicted molar refractivity (Wildman–Crippen MR) is 107 cm³/mol. The van der Waals surface area contributed by atoms with Crippen LogP contribution in [0.15, 0.2) is 42.5 Å². The smallest absolute Gasteiger partial charge is 0.271 e. The lowest BCUT2D eigenvalue weighted by molar-refractivity contribution is -0.384. The lowest BCUT2D eigenvalue weighted by atomic mass is 9.87. The van der Waals surface area contributed by atoms with Crippen molar-refractivity contribution in [1.82, 2.24) is 5.32 Å². The van der Waals surface area contributed by atoms with Crippen molar-refractivity contribution in [2.45, 2.75) is 33.1 Å². The van der Waals surface area contributed by atoms with E-state index >= 15 is 0 Å². The van der Waals surface area contributed by atoms with Gasteiger partial charge in [0, 0.05) is 23.4 Å². The van der Waals surface area contributed by atoms with Crippen molar-refractivity contribution in [3.8, 4) is 0 Å². The van der Waals surface area contributed by atoms with Gasteiger partial charge in [-0.05, 0) is 47.8 Å². The van der Waals surface area contributed by atoms with E-state index < -0.39 is 4.92 Å². The lowest BCUT2D eigenvalue weighted by Gasteiger charge is -2.19. The number of nitro benzene ring substituents is 1. The molecule has 6 nitrogen and oxygen atoms in total. The molecule has 0 aromatic heterocycles. The number of hydrogen-bond donors (Lipinski definition) is 2. The topological polar surface area (TPSA) is 84.3 Å². The minimum absolute atomic E-state index is 0.00537. The summed E-state index contributed by atoms with van der Waals surface area (Å²) in [5.41, 5.74) is 2.82. The molecule has 1 amide bonds. The Hall–Kier alpha value is -2.80. The fourth-order valence-corrected chi connectivity index (χ4v) is 2.51. The second kappa shape index (κ2) is 7.61. The number of nitrogens with one attached hydrogen (secondary N) is 2. The highest BCUT2D eigenvalue weighted by molar-refractivity contribution is 7.80. The van der Waals surface area contributed by atoms with E-state index in [0.717, 1.165) is 11.1 Å². The van der Waals surface area contributed by atoms with Gasteiger partial charge in [-0.15, -0.1) is 0 Å². The van der Waals surface area contributed by atoms with Crippen LogP contribution in [-0.4, -0.2) is 15.9 Å². The molecular weight excluding hydrogens is 350 g/mol. The maximum Gasteiger partial charge on any atom is 0.271 e. The first-order chi connectivity index (χ1) is 12.1. The van der Waals surface area contributed by atoms with E-state index in [1.807, 2.05) is 12.1 Å². The molecule has 0 unspecified atom stereocenters. The van der Waals surface area contributed by atoms with Crippen LogP contribution in [-0.2, 0) is 5.41 Å². The largest absolute Gasteiger partial charge is 0.332 e. The Morgan fingerprint density at radius 3 is 2.27 bits per heavy atom. The van der Waals surface area contributed by atoms with Gasteiger partial charge in [0.15, 0.2) is 5.11 Å². The quantitative estimate of drug-likeness (QED) is 0.477. The van der Waals surface area contributed by atoms with E-state index in [-0.39, 0.29) is 22.1 Å².